The van der Waals surface area contributed by atoms with Gasteiger partial charge in [-0.25, -0.2) is 10.2 Å². The first kappa shape index (κ1) is 19.1. The number of halogens is 1. The molecule has 3 aromatic rings. The Morgan fingerprint density at radius 1 is 1.22 bits per heavy atom. The zero-order chi connectivity index (χ0) is 19.6. The van der Waals surface area contributed by atoms with Gasteiger partial charge in [-0.15, -0.1) is 0 Å². The average molecular weight is 435 g/mol. The highest BCUT2D eigenvalue weighted by molar-refractivity contribution is 9.10. The highest BCUT2D eigenvalue weighted by Crippen LogP contribution is 2.15. The summed E-state index contributed by atoms with van der Waals surface area (Å²) in [6.45, 7) is 0.763. The summed E-state index contributed by atoms with van der Waals surface area (Å²) in [6, 6.07) is 7.63. The molecule has 0 fully saturated rings. The minimum absolute atomic E-state index is 0.292. The number of fused-ring (bicyclic) bond motifs is 1. The van der Waals surface area contributed by atoms with E-state index in [1.165, 1.54) is 11.6 Å². The van der Waals surface area contributed by atoms with E-state index in [0.29, 0.717) is 30.3 Å². The summed E-state index contributed by atoms with van der Waals surface area (Å²) in [5.41, 5.74) is 3.51. The Morgan fingerprint density at radius 2 is 1.93 bits per heavy atom. The van der Waals surface area contributed by atoms with Crippen molar-refractivity contribution in [2.24, 2.45) is 19.2 Å². The maximum atomic E-state index is 12.6. The molecule has 0 atom stereocenters. The number of nitrogens with one attached hydrogen (secondary N) is 1. The molecule has 0 amide bonds. The number of aryl methyl sites for hydroxylation is 1. The number of rotatable bonds is 6. The Labute approximate surface area is 163 Å². The Kier molecular flexibility index (Phi) is 5.57. The van der Waals surface area contributed by atoms with E-state index in [2.05, 4.69) is 31.4 Å². The fraction of sp³-hybridized carbons (Fsp3) is 0.294. The molecule has 9 nitrogen and oxygen atoms in total. The number of nitrogens with zero attached hydrogens (tertiary/aromatic N) is 5. The lowest BCUT2D eigenvalue weighted by Gasteiger charge is -2.08. The van der Waals surface area contributed by atoms with Crippen LogP contribution in [0.25, 0.3) is 11.2 Å². The van der Waals surface area contributed by atoms with Gasteiger partial charge >= 0.3 is 5.69 Å². The van der Waals surface area contributed by atoms with Crippen molar-refractivity contribution in [1.82, 2.24) is 18.7 Å². The quantitative estimate of drug-likeness (QED) is 0.465. The maximum Gasteiger partial charge on any atom is 0.332 e. The first-order valence-corrected chi connectivity index (χ1v) is 8.93. The molecule has 10 heteroatoms. The molecule has 0 radical (unpaired) electrons. The van der Waals surface area contributed by atoms with Crippen LogP contribution in [0, 0.1) is 0 Å². The van der Waals surface area contributed by atoms with Crippen LogP contribution in [0.4, 0.5) is 5.95 Å². The summed E-state index contributed by atoms with van der Waals surface area (Å²) in [5.74, 6) is 0.355. The summed E-state index contributed by atoms with van der Waals surface area (Å²) in [4.78, 5) is 29.2. The molecule has 27 heavy (non-hydrogen) atoms. The van der Waals surface area contributed by atoms with Crippen molar-refractivity contribution < 1.29 is 4.74 Å². The normalized spacial score (nSPS) is 11.6. The van der Waals surface area contributed by atoms with E-state index >= 15 is 0 Å². The molecule has 2 aromatic heterocycles. The highest BCUT2D eigenvalue weighted by Gasteiger charge is 2.18. The number of imidazole rings is 1. The van der Waals surface area contributed by atoms with Crippen molar-refractivity contribution in [2.45, 2.75) is 6.54 Å². The van der Waals surface area contributed by atoms with Crippen LogP contribution in [-0.4, -0.2) is 38.6 Å². The number of hydrogen-bond donors (Lipinski definition) is 1. The molecule has 1 N–H and O–H groups in total. The number of aromatic nitrogens is 4. The first-order valence-electron chi connectivity index (χ1n) is 8.14. The third kappa shape index (κ3) is 3.71. The topological polar surface area (TPSA) is 95.4 Å². The maximum absolute atomic E-state index is 12.6. The van der Waals surface area contributed by atoms with Crippen LogP contribution in [0.3, 0.4) is 0 Å². The molecule has 2 heterocycles. The minimum atomic E-state index is -0.436. The van der Waals surface area contributed by atoms with Crippen molar-refractivity contribution in [3.8, 4) is 0 Å². The van der Waals surface area contributed by atoms with Crippen molar-refractivity contribution in [3.05, 3.63) is 55.1 Å². The van der Waals surface area contributed by atoms with Gasteiger partial charge in [0.15, 0.2) is 11.2 Å². The number of ether oxygens (including phenoxy) is 1. The molecule has 0 bridgehead atoms. The Morgan fingerprint density at radius 3 is 2.59 bits per heavy atom. The van der Waals surface area contributed by atoms with Gasteiger partial charge < -0.3 is 9.30 Å². The monoisotopic (exact) mass is 434 g/mol. The Balaban J connectivity index is 2.04. The third-order valence-corrected chi connectivity index (χ3v) is 4.64. The van der Waals surface area contributed by atoms with E-state index in [1.807, 2.05) is 24.3 Å². The third-order valence-electron chi connectivity index (χ3n) is 4.12. The van der Waals surface area contributed by atoms with Crippen molar-refractivity contribution in [1.29, 1.82) is 0 Å². The van der Waals surface area contributed by atoms with E-state index in [9.17, 15) is 9.59 Å². The van der Waals surface area contributed by atoms with Crippen LogP contribution in [0.2, 0.25) is 0 Å². The smallest absolute Gasteiger partial charge is 0.332 e. The number of hydrazone groups is 1. The van der Waals surface area contributed by atoms with Gasteiger partial charge in [0.1, 0.15) is 0 Å². The van der Waals surface area contributed by atoms with E-state index in [4.69, 9.17) is 4.74 Å². The van der Waals surface area contributed by atoms with Gasteiger partial charge in [-0.3, -0.25) is 13.9 Å². The van der Waals surface area contributed by atoms with Gasteiger partial charge in [-0.05, 0) is 17.7 Å². The summed E-state index contributed by atoms with van der Waals surface area (Å²) in [6.07, 6.45) is 1.64. The molecule has 1 aromatic carbocycles. The SMILES string of the molecule is COCCn1c(N/N=C/c2ccc(Br)cc2)nc2c1c(=O)n(C)c(=O)n2C. The molecule has 0 saturated heterocycles. The zero-order valence-corrected chi connectivity index (χ0v) is 16.7. The number of benzene rings is 1. The molecule has 0 aliphatic rings. The standard InChI is InChI=1S/C17H19BrN6O3/c1-22-14-13(15(25)23(2)17(22)26)24(8-9-27-3)16(20-14)21-19-10-11-4-6-12(18)7-5-11/h4-7,10H,8-9H2,1-3H3,(H,20,21)/b19-10+. The zero-order valence-electron chi connectivity index (χ0n) is 15.1. The van der Waals surface area contributed by atoms with Gasteiger partial charge in [0.25, 0.3) is 5.56 Å². The van der Waals surface area contributed by atoms with Crippen LogP contribution < -0.4 is 16.7 Å². The molecular weight excluding hydrogens is 416 g/mol. The van der Waals surface area contributed by atoms with E-state index < -0.39 is 11.2 Å². The number of hydrogen-bond acceptors (Lipinski definition) is 6. The summed E-state index contributed by atoms with van der Waals surface area (Å²) in [7, 11) is 4.59. The predicted molar refractivity (Wildman–Crippen MR) is 107 cm³/mol. The second-order valence-electron chi connectivity index (χ2n) is 5.88. The first-order chi connectivity index (χ1) is 12.9. The van der Waals surface area contributed by atoms with Crippen molar-refractivity contribution in [3.63, 3.8) is 0 Å². The van der Waals surface area contributed by atoms with Crippen LogP contribution in [0.1, 0.15) is 5.56 Å². The lowest BCUT2D eigenvalue weighted by Crippen LogP contribution is -2.37. The van der Waals surface area contributed by atoms with Gasteiger partial charge in [0.2, 0.25) is 5.95 Å². The van der Waals surface area contributed by atoms with Gasteiger partial charge in [-0.1, -0.05) is 28.1 Å². The van der Waals surface area contributed by atoms with Crippen LogP contribution in [0.5, 0.6) is 0 Å². The van der Waals surface area contributed by atoms with Gasteiger partial charge in [-0.2, -0.15) is 10.1 Å². The second kappa shape index (κ2) is 7.89. The predicted octanol–water partition coefficient (Wildman–Crippen LogP) is 1.29. The number of methoxy groups -OCH3 is 1. The molecular formula is C17H19BrN6O3. The lowest BCUT2D eigenvalue weighted by molar-refractivity contribution is 0.188. The van der Waals surface area contributed by atoms with Crippen LogP contribution in [-0.2, 0) is 25.4 Å². The second-order valence-corrected chi connectivity index (χ2v) is 6.80. The van der Waals surface area contributed by atoms with Gasteiger partial charge in [0, 0.05) is 32.2 Å². The van der Waals surface area contributed by atoms with E-state index in [-0.39, 0.29) is 0 Å². The molecule has 0 aliphatic carbocycles. The summed E-state index contributed by atoms with van der Waals surface area (Å²) < 4.78 is 10.2. The van der Waals surface area contributed by atoms with E-state index in [1.54, 1.807) is 24.9 Å². The molecule has 0 spiro atoms. The highest BCUT2D eigenvalue weighted by atomic mass is 79.9. The lowest BCUT2D eigenvalue weighted by atomic mass is 10.2. The van der Waals surface area contributed by atoms with E-state index in [0.717, 1.165) is 14.6 Å². The Hall–Kier alpha value is -2.72. The molecule has 0 aliphatic heterocycles. The van der Waals surface area contributed by atoms with Gasteiger partial charge in [0.05, 0.1) is 12.8 Å². The molecule has 142 valence electrons. The minimum Gasteiger partial charge on any atom is -0.383 e. The van der Waals surface area contributed by atoms with Crippen molar-refractivity contribution >= 4 is 39.3 Å². The van der Waals surface area contributed by atoms with Crippen molar-refractivity contribution in [2.75, 3.05) is 19.1 Å². The summed E-state index contributed by atoms with van der Waals surface area (Å²) in [5, 5.41) is 4.20. The largest absolute Gasteiger partial charge is 0.383 e. The molecule has 3 rings (SSSR count). The molecule has 0 unspecified atom stereocenters. The summed E-state index contributed by atoms with van der Waals surface area (Å²) >= 11 is 3.38. The number of anilines is 1. The fourth-order valence-corrected chi connectivity index (χ4v) is 2.91. The molecule has 0 saturated carbocycles. The fourth-order valence-electron chi connectivity index (χ4n) is 2.65. The average Bonchev–Trinajstić information content (AvgIpc) is 3.03. The van der Waals surface area contributed by atoms with Crippen LogP contribution in [0.15, 0.2) is 43.4 Å². The van der Waals surface area contributed by atoms with Crippen LogP contribution >= 0.6 is 15.9 Å². The Bertz CT molecular complexity index is 1110.